The van der Waals surface area contributed by atoms with E-state index in [0.717, 1.165) is 5.75 Å². The summed E-state index contributed by atoms with van der Waals surface area (Å²) in [6.07, 6.45) is 2.06. The second-order valence-electron chi connectivity index (χ2n) is 4.28. The van der Waals surface area contributed by atoms with Crippen molar-refractivity contribution in [3.05, 3.63) is 59.7 Å². The number of ether oxygens (including phenoxy) is 1. The van der Waals surface area contributed by atoms with E-state index >= 15 is 0 Å². The molecule has 0 bridgehead atoms. The third kappa shape index (κ3) is 3.54. The van der Waals surface area contributed by atoms with Crippen LogP contribution in [0.2, 0.25) is 0 Å². The molecule has 20 heavy (non-hydrogen) atoms. The minimum absolute atomic E-state index is 0.134. The van der Waals surface area contributed by atoms with Crippen LogP contribution in [-0.4, -0.2) is 19.3 Å². The Bertz CT molecular complexity index is 581. The number of anilines is 1. The number of methoxy groups -OCH3 is 1. The van der Waals surface area contributed by atoms with Crippen LogP contribution in [0.4, 0.5) is 5.69 Å². The van der Waals surface area contributed by atoms with Gasteiger partial charge in [-0.05, 0) is 36.1 Å². The molecule has 0 heterocycles. The molecule has 1 amide bonds. The minimum atomic E-state index is -0.134. The zero-order valence-electron chi connectivity index (χ0n) is 11.6. The molecule has 0 aliphatic heterocycles. The molecular formula is C16H17NO2S. The normalized spacial score (nSPS) is 10.1. The maximum atomic E-state index is 12.2. The average molecular weight is 287 g/mol. The fourth-order valence-corrected chi connectivity index (χ4v) is 2.39. The predicted octanol–water partition coefficient (Wildman–Crippen LogP) is 3.81. The molecule has 0 saturated carbocycles. The highest BCUT2D eigenvalue weighted by molar-refractivity contribution is 7.97. The van der Waals surface area contributed by atoms with E-state index in [1.807, 2.05) is 48.5 Å². The molecule has 2 aromatic rings. The Hall–Kier alpha value is -1.94. The number of carbonyl (C=O) groups is 1. The van der Waals surface area contributed by atoms with Gasteiger partial charge < -0.3 is 10.1 Å². The Labute approximate surface area is 123 Å². The monoisotopic (exact) mass is 287 g/mol. The fraction of sp³-hybridized carbons (Fsp3) is 0.188. The summed E-state index contributed by atoms with van der Waals surface area (Å²) < 4.78 is 5.22. The van der Waals surface area contributed by atoms with Crippen molar-refractivity contribution in [3.8, 4) is 5.75 Å². The van der Waals surface area contributed by atoms with Crippen LogP contribution in [-0.2, 0) is 5.75 Å². The molecular weight excluding hydrogens is 270 g/mol. The first-order valence-corrected chi connectivity index (χ1v) is 7.66. The SMILES string of the molecule is COc1ccccc1NC(=O)c1ccc(CSC)cc1. The van der Waals surface area contributed by atoms with Crippen molar-refractivity contribution in [2.45, 2.75) is 5.75 Å². The van der Waals surface area contributed by atoms with Crippen molar-refractivity contribution < 1.29 is 9.53 Å². The average Bonchev–Trinajstić information content (AvgIpc) is 2.49. The van der Waals surface area contributed by atoms with Crippen LogP contribution in [0.3, 0.4) is 0 Å². The lowest BCUT2D eigenvalue weighted by molar-refractivity contribution is 0.102. The van der Waals surface area contributed by atoms with E-state index in [1.165, 1.54) is 5.56 Å². The van der Waals surface area contributed by atoms with Crippen molar-refractivity contribution in [1.29, 1.82) is 0 Å². The Balaban J connectivity index is 2.11. The molecule has 0 saturated heterocycles. The molecule has 0 radical (unpaired) electrons. The van der Waals surface area contributed by atoms with E-state index in [0.29, 0.717) is 17.0 Å². The van der Waals surface area contributed by atoms with Crippen LogP contribution in [0.15, 0.2) is 48.5 Å². The third-order valence-corrected chi connectivity index (χ3v) is 3.50. The molecule has 104 valence electrons. The van der Waals surface area contributed by atoms with Gasteiger partial charge in [-0.2, -0.15) is 11.8 Å². The number of carbonyl (C=O) groups excluding carboxylic acids is 1. The highest BCUT2D eigenvalue weighted by Gasteiger charge is 2.09. The molecule has 0 aromatic heterocycles. The smallest absolute Gasteiger partial charge is 0.255 e. The maximum absolute atomic E-state index is 12.2. The summed E-state index contributed by atoms with van der Waals surface area (Å²) in [6, 6.07) is 15.0. The molecule has 4 heteroatoms. The zero-order chi connectivity index (χ0) is 14.4. The molecule has 2 aromatic carbocycles. The topological polar surface area (TPSA) is 38.3 Å². The summed E-state index contributed by atoms with van der Waals surface area (Å²) in [5, 5.41) is 2.86. The van der Waals surface area contributed by atoms with Crippen LogP contribution in [0.25, 0.3) is 0 Å². The number of rotatable bonds is 5. The lowest BCUT2D eigenvalue weighted by Gasteiger charge is -2.10. The van der Waals surface area contributed by atoms with Gasteiger partial charge in [0.05, 0.1) is 12.8 Å². The molecule has 0 unspecified atom stereocenters. The van der Waals surface area contributed by atoms with Gasteiger partial charge in [0.1, 0.15) is 5.75 Å². The van der Waals surface area contributed by atoms with E-state index in [-0.39, 0.29) is 5.91 Å². The summed E-state index contributed by atoms with van der Waals surface area (Å²) >= 11 is 1.76. The van der Waals surface area contributed by atoms with Crippen molar-refractivity contribution in [3.63, 3.8) is 0 Å². The van der Waals surface area contributed by atoms with Gasteiger partial charge in [-0.3, -0.25) is 4.79 Å². The van der Waals surface area contributed by atoms with E-state index in [9.17, 15) is 4.79 Å². The van der Waals surface area contributed by atoms with Gasteiger partial charge in [0, 0.05) is 11.3 Å². The molecule has 0 spiro atoms. The molecule has 2 rings (SSSR count). The zero-order valence-corrected chi connectivity index (χ0v) is 12.4. The number of hydrogen-bond donors (Lipinski definition) is 1. The minimum Gasteiger partial charge on any atom is -0.495 e. The van der Waals surface area contributed by atoms with Gasteiger partial charge in [-0.25, -0.2) is 0 Å². The van der Waals surface area contributed by atoms with Crippen molar-refractivity contribution in [2.75, 3.05) is 18.7 Å². The maximum Gasteiger partial charge on any atom is 0.255 e. The van der Waals surface area contributed by atoms with Crippen LogP contribution >= 0.6 is 11.8 Å². The number of para-hydroxylation sites is 2. The quantitative estimate of drug-likeness (QED) is 0.908. The highest BCUT2D eigenvalue weighted by Crippen LogP contribution is 2.23. The van der Waals surface area contributed by atoms with Gasteiger partial charge in [-0.15, -0.1) is 0 Å². The summed E-state index contributed by atoms with van der Waals surface area (Å²) in [4.78, 5) is 12.2. The Kier molecular flexibility index (Phi) is 5.07. The second kappa shape index (κ2) is 7.01. The highest BCUT2D eigenvalue weighted by atomic mass is 32.2. The number of benzene rings is 2. The standard InChI is InChI=1S/C16H17NO2S/c1-19-15-6-4-3-5-14(15)17-16(18)13-9-7-12(8-10-13)11-20-2/h3-10H,11H2,1-2H3,(H,17,18). The number of amides is 1. The molecule has 0 aliphatic rings. The van der Waals surface area contributed by atoms with Gasteiger partial charge >= 0.3 is 0 Å². The van der Waals surface area contributed by atoms with Gasteiger partial charge in [0.25, 0.3) is 5.91 Å². The van der Waals surface area contributed by atoms with E-state index in [1.54, 1.807) is 18.9 Å². The Morgan fingerprint density at radius 1 is 1.15 bits per heavy atom. The summed E-state index contributed by atoms with van der Waals surface area (Å²) in [7, 11) is 1.59. The van der Waals surface area contributed by atoms with Gasteiger partial charge in [0.15, 0.2) is 0 Å². The lowest BCUT2D eigenvalue weighted by Crippen LogP contribution is -2.12. The summed E-state index contributed by atoms with van der Waals surface area (Å²) in [5.41, 5.74) is 2.53. The molecule has 1 N–H and O–H groups in total. The first-order chi connectivity index (χ1) is 9.74. The third-order valence-electron chi connectivity index (χ3n) is 2.88. The van der Waals surface area contributed by atoms with Crippen molar-refractivity contribution in [1.82, 2.24) is 0 Å². The van der Waals surface area contributed by atoms with Crippen LogP contribution in [0, 0.1) is 0 Å². The predicted molar refractivity (Wildman–Crippen MR) is 84.6 cm³/mol. The number of thioether (sulfide) groups is 1. The largest absolute Gasteiger partial charge is 0.495 e. The van der Waals surface area contributed by atoms with E-state index < -0.39 is 0 Å². The Morgan fingerprint density at radius 2 is 1.85 bits per heavy atom. The first kappa shape index (κ1) is 14.5. The molecule has 0 atom stereocenters. The van der Waals surface area contributed by atoms with E-state index in [2.05, 4.69) is 11.6 Å². The molecule has 0 aliphatic carbocycles. The second-order valence-corrected chi connectivity index (χ2v) is 5.15. The van der Waals surface area contributed by atoms with Crippen LogP contribution < -0.4 is 10.1 Å². The number of hydrogen-bond acceptors (Lipinski definition) is 3. The molecule has 0 fully saturated rings. The lowest BCUT2D eigenvalue weighted by atomic mass is 10.1. The fourth-order valence-electron chi connectivity index (χ4n) is 1.86. The summed E-state index contributed by atoms with van der Waals surface area (Å²) in [5.74, 6) is 1.47. The van der Waals surface area contributed by atoms with Crippen LogP contribution in [0.1, 0.15) is 15.9 Å². The van der Waals surface area contributed by atoms with Crippen molar-refractivity contribution >= 4 is 23.4 Å². The van der Waals surface area contributed by atoms with E-state index in [4.69, 9.17) is 4.74 Å². The first-order valence-electron chi connectivity index (χ1n) is 6.27. The Morgan fingerprint density at radius 3 is 2.50 bits per heavy atom. The number of nitrogens with one attached hydrogen (secondary N) is 1. The van der Waals surface area contributed by atoms with Crippen molar-refractivity contribution in [2.24, 2.45) is 0 Å². The summed E-state index contributed by atoms with van der Waals surface area (Å²) in [6.45, 7) is 0. The molecule has 3 nitrogen and oxygen atoms in total. The van der Waals surface area contributed by atoms with Gasteiger partial charge in [-0.1, -0.05) is 24.3 Å². The van der Waals surface area contributed by atoms with Crippen LogP contribution in [0.5, 0.6) is 5.75 Å². The van der Waals surface area contributed by atoms with Gasteiger partial charge in [0.2, 0.25) is 0 Å².